The van der Waals surface area contributed by atoms with E-state index in [4.69, 9.17) is 4.74 Å². The summed E-state index contributed by atoms with van der Waals surface area (Å²) in [6.07, 6.45) is 7.78. The molecule has 0 aromatic carbocycles. The Labute approximate surface area is 76.1 Å². The van der Waals surface area contributed by atoms with E-state index in [1.54, 1.807) is 13.4 Å². The zero-order chi connectivity index (χ0) is 9.23. The van der Waals surface area contributed by atoms with Crippen LogP contribution in [0.25, 0.3) is 0 Å². The van der Waals surface area contributed by atoms with Crippen LogP contribution in [0.15, 0.2) is 17.6 Å². The molecule has 0 radical (unpaired) electrons. The third-order valence-electron chi connectivity index (χ3n) is 1.89. The molecule has 0 saturated carbocycles. The van der Waals surface area contributed by atoms with Crippen molar-refractivity contribution in [1.29, 1.82) is 0 Å². The van der Waals surface area contributed by atoms with Crippen molar-refractivity contribution >= 4 is 0 Å². The molecule has 0 atom stereocenters. The molecule has 0 rings (SSSR count). The molecular weight excluding hydrogens is 148 g/mol. The summed E-state index contributed by atoms with van der Waals surface area (Å²) in [6.45, 7) is 4.39. The maximum absolute atomic E-state index is 4.82. The first-order chi connectivity index (χ1) is 5.85. The maximum Gasteiger partial charge on any atom is 0.125 e. The van der Waals surface area contributed by atoms with E-state index in [0.29, 0.717) is 0 Å². The Balaban J connectivity index is 3.75. The summed E-state index contributed by atoms with van der Waals surface area (Å²) in [6, 6.07) is 0. The first-order valence-corrected chi connectivity index (χ1v) is 4.80. The van der Waals surface area contributed by atoms with E-state index in [1.807, 2.05) is 0 Å². The Hall–Kier alpha value is -0.680. The number of unbranched alkanes of at least 4 members (excludes halogenated alkanes) is 2. The fraction of sp³-hybridized carbons (Fsp3) is 0.727. The van der Waals surface area contributed by atoms with E-state index in [9.17, 15) is 0 Å². The Morgan fingerprint density at radius 2 is 2.08 bits per heavy atom. The van der Waals surface area contributed by atoms with Gasteiger partial charge in [-0.3, -0.25) is 0 Å². The molecule has 1 nitrogen and oxygen atoms in total. The number of ether oxygens (including phenoxy) is 1. The molecule has 0 aromatic heterocycles. The van der Waals surface area contributed by atoms with Crippen molar-refractivity contribution in [3.63, 3.8) is 0 Å². The zero-order valence-electron chi connectivity index (χ0n) is 8.52. The van der Waals surface area contributed by atoms with Gasteiger partial charge >= 0.3 is 0 Å². The number of hydrogen-bond acceptors (Lipinski definition) is 1. The second-order valence-electron chi connectivity index (χ2n) is 2.91. The monoisotopic (exact) mass is 168 g/mol. The maximum atomic E-state index is 4.82. The van der Waals surface area contributed by atoms with Gasteiger partial charge in [0, 0.05) is 0 Å². The van der Waals surface area contributed by atoms with E-state index in [0.717, 1.165) is 6.42 Å². The quantitative estimate of drug-likeness (QED) is 0.334. The summed E-state index contributed by atoms with van der Waals surface area (Å²) in [5.41, 5.74) is 4.51. The van der Waals surface area contributed by atoms with Crippen molar-refractivity contribution in [2.24, 2.45) is 0 Å². The molecule has 0 fully saturated rings. The fourth-order valence-electron chi connectivity index (χ4n) is 1.08. The van der Waals surface area contributed by atoms with Crippen molar-refractivity contribution in [1.82, 2.24) is 0 Å². The predicted molar refractivity (Wildman–Crippen MR) is 53.0 cm³/mol. The summed E-state index contributed by atoms with van der Waals surface area (Å²) in [4.78, 5) is 0. The third kappa shape index (κ3) is 6.06. The van der Waals surface area contributed by atoms with Gasteiger partial charge in [0.1, 0.15) is 6.26 Å². The number of methoxy groups -OCH3 is 1. The lowest BCUT2D eigenvalue weighted by molar-refractivity contribution is 0.338. The van der Waals surface area contributed by atoms with Gasteiger partial charge in [-0.1, -0.05) is 32.4 Å². The number of allylic oxidation sites excluding steroid dienone is 1. The number of rotatable bonds is 6. The highest BCUT2D eigenvalue weighted by molar-refractivity contribution is 4.98. The molecule has 1 heteroatoms. The molecule has 12 heavy (non-hydrogen) atoms. The van der Waals surface area contributed by atoms with Gasteiger partial charge in [-0.2, -0.15) is 0 Å². The molecule has 0 heterocycles. The van der Waals surface area contributed by atoms with E-state index >= 15 is 0 Å². The van der Waals surface area contributed by atoms with E-state index < -0.39 is 0 Å². The minimum atomic E-state index is 1.09. The van der Waals surface area contributed by atoms with E-state index in [2.05, 4.69) is 19.6 Å². The fourth-order valence-corrected chi connectivity index (χ4v) is 1.08. The van der Waals surface area contributed by atoms with Crippen LogP contribution in [-0.2, 0) is 4.74 Å². The Morgan fingerprint density at radius 3 is 2.58 bits per heavy atom. The van der Waals surface area contributed by atoms with Gasteiger partial charge < -0.3 is 4.74 Å². The van der Waals surface area contributed by atoms with Crippen LogP contribution in [0.4, 0.5) is 0 Å². The van der Waals surface area contributed by atoms with Gasteiger partial charge in [-0.05, 0) is 24.8 Å². The van der Waals surface area contributed by atoms with Crippen LogP contribution in [0.3, 0.4) is 0 Å². The Kier molecular flexibility index (Phi) is 7.94. The van der Waals surface area contributed by atoms with Crippen molar-refractivity contribution in [3.05, 3.63) is 17.6 Å². The zero-order valence-corrected chi connectivity index (χ0v) is 8.52. The van der Waals surface area contributed by atoms with Crippen molar-refractivity contribution < 1.29 is 4.74 Å². The largest absolute Gasteiger partial charge is 0.496 e. The standard InChI is InChI=1S/C11H20O/c1-4-6-7-8-11(5-2)9-10-12-3/h10H,4-8H2,1-3H3. The van der Waals surface area contributed by atoms with Crippen LogP contribution in [0.1, 0.15) is 46.0 Å². The van der Waals surface area contributed by atoms with E-state index in [1.165, 1.54) is 31.3 Å². The van der Waals surface area contributed by atoms with Crippen molar-refractivity contribution in [3.8, 4) is 0 Å². The number of hydrogen-bond donors (Lipinski definition) is 0. The van der Waals surface area contributed by atoms with Gasteiger partial charge in [0.25, 0.3) is 0 Å². The minimum absolute atomic E-state index is 1.09. The summed E-state index contributed by atoms with van der Waals surface area (Å²) in [7, 11) is 1.66. The normalized spacial score (nSPS) is 8.92. The van der Waals surface area contributed by atoms with Gasteiger partial charge in [-0.25, -0.2) is 0 Å². The lowest BCUT2D eigenvalue weighted by atomic mass is 10.1. The summed E-state index contributed by atoms with van der Waals surface area (Å²) < 4.78 is 4.82. The minimum Gasteiger partial charge on any atom is -0.496 e. The molecule has 0 aliphatic heterocycles. The highest BCUT2D eigenvalue weighted by Gasteiger charge is 1.92. The first-order valence-electron chi connectivity index (χ1n) is 4.80. The van der Waals surface area contributed by atoms with Crippen molar-refractivity contribution in [2.45, 2.75) is 46.0 Å². The SMILES string of the molecule is CCCCCC(=C=COC)CC. The molecule has 0 aromatic rings. The molecule has 0 saturated heterocycles. The molecule has 0 unspecified atom stereocenters. The molecular formula is C11H20O. The molecule has 0 spiro atoms. The lowest BCUT2D eigenvalue weighted by Gasteiger charge is -1.99. The molecule has 0 aliphatic carbocycles. The van der Waals surface area contributed by atoms with Crippen LogP contribution in [0.5, 0.6) is 0 Å². The van der Waals surface area contributed by atoms with Gasteiger partial charge in [0.2, 0.25) is 0 Å². The third-order valence-corrected chi connectivity index (χ3v) is 1.89. The molecule has 70 valence electrons. The second-order valence-corrected chi connectivity index (χ2v) is 2.91. The molecule has 0 N–H and O–H groups in total. The highest BCUT2D eigenvalue weighted by atomic mass is 16.5. The highest BCUT2D eigenvalue weighted by Crippen LogP contribution is 2.10. The van der Waals surface area contributed by atoms with Gasteiger partial charge in [-0.15, -0.1) is 0 Å². The average molecular weight is 168 g/mol. The van der Waals surface area contributed by atoms with Crippen molar-refractivity contribution in [2.75, 3.05) is 7.11 Å². The average Bonchev–Trinajstić information content (AvgIpc) is 2.11. The molecule has 0 aliphatic rings. The topological polar surface area (TPSA) is 9.23 Å². The summed E-state index contributed by atoms with van der Waals surface area (Å²) in [5, 5.41) is 0. The van der Waals surface area contributed by atoms with E-state index in [-0.39, 0.29) is 0 Å². The van der Waals surface area contributed by atoms with Crippen LogP contribution in [0, 0.1) is 0 Å². The van der Waals surface area contributed by atoms with Crippen LogP contribution in [0.2, 0.25) is 0 Å². The summed E-state index contributed by atoms with van der Waals surface area (Å²) >= 11 is 0. The molecule has 0 bridgehead atoms. The lowest BCUT2D eigenvalue weighted by Crippen LogP contribution is -1.80. The summed E-state index contributed by atoms with van der Waals surface area (Å²) in [5.74, 6) is 0. The van der Waals surface area contributed by atoms with Crippen LogP contribution >= 0.6 is 0 Å². The van der Waals surface area contributed by atoms with Gasteiger partial charge in [0.15, 0.2) is 0 Å². The first kappa shape index (κ1) is 11.3. The van der Waals surface area contributed by atoms with Gasteiger partial charge in [0.05, 0.1) is 7.11 Å². The Bertz CT molecular complexity index is 152. The Morgan fingerprint density at radius 1 is 1.33 bits per heavy atom. The van der Waals surface area contributed by atoms with Crippen LogP contribution in [-0.4, -0.2) is 7.11 Å². The molecule has 0 amide bonds. The smallest absolute Gasteiger partial charge is 0.125 e. The second kappa shape index (κ2) is 8.42. The van der Waals surface area contributed by atoms with Crippen LogP contribution < -0.4 is 0 Å². The predicted octanol–water partition coefficient (Wildman–Crippen LogP) is 3.66.